The summed E-state index contributed by atoms with van der Waals surface area (Å²) in [6.07, 6.45) is 6.85. The van der Waals surface area contributed by atoms with E-state index in [1.807, 2.05) is 36.4 Å². The number of hydrogen-bond donors (Lipinski definition) is 2. The standard InChI is InChI=1S/C21H25N3O6/c25-19(26)17(22-20(27)29-14-15-8-2-1-3-9-15)12-6-4-10-16-11-5-7-13-18-23-30-21(28)24(16)18/h1-4,6,8-9,16-17H,5,7,10-14H2,(H,22,27)(H,25,26)/b6-4+/t16-,17-/m0/s1. The number of allylic oxidation sites excluding steroid dienone is 1. The topological polar surface area (TPSA) is 124 Å². The van der Waals surface area contributed by atoms with Crippen LogP contribution in [0.2, 0.25) is 0 Å². The lowest BCUT2D eigenvalue weighted by Crippen LogP contribution is -2.40. The summed E-state index contributed by atoms with van der Waals surface area (Å²) < 4.78 is 11.4. The first-order chi connectivity index (χ1) is 14.5. The zero-order valence-corrected chi connectivity index (χ0v) is 16.5. The van der Waals surface area contributed by atoms with Gasteiger partial charge in [-0.05, 0) is 31.2 Å². The molecule has 9 heteroatoms. The number of carbonyl (C=O) groups excluding carboxylic acids is 1. The number of nitrogens with one attached hydrogen (secondary N) is 1. The molecule has 0 fully saturated rings. The van der Waals surface area contributed by atoms with E-state index in [0.717, 1.165) is 24.8 Å². The Bertz CT molecular complexity index is 934. The Hall–Kier alpha value is -3.36. The zero-order valence-electron chi connectivity index (χ0n) is 16.5. The highest BCUT2D eigenvalue weighted by molar-refractivity contribution is 5.80. The molecule has 0 unspecified atom stereocenters. The number of ether oxygens (including phenoxy) is 1. The number of alkyl carbamates (subject to hydrolysis) is 1. The minimum absolute atomic E-state index is 0.0619. The molecule has 160 valence electrons. The van der Waals surface area contributed by atoms with Crippen LogP contribution >= 0.6 is 0 Å². The van der Waals surface area contributed by atoms with Crippen LogP contribution in [0.4, 0.5) is 4.79 Å². The molecule has 2 N–H and O–H groups in total. The summed E-state index contributed by atoms with van der Waals surface area (Å²) in [7, 11) is 0. The van der Waals surface area contributed by atoms with Crippen molar-refractivity contribution in [2.75, 3.05) is 0 Å². The highest BCUT2D eigenvalue weighted by Gasteiger charge is 2.22. The van der Waals surface area contributed by atoms with Gasteiger partial charge in [0.1, 0.15) is 12.6 Å². The van der Waals surface area contributed by atoms with Crippen LogP contribution in [0.1, 0.15) is 49.5 Å². The maximum Gasteiger partial charge on any atom is 0.441 e. The van der Waals surface area contributed by atoms with Crippen LogP contribution in [0.5, 0.6) is 0 Å². The van der Waals surface area contributed by atoms with Gasteiger partial charge in [0.25, 0.3) is 0 Å². The van der Waals surface area contributed by atoms with Gasteiger partial charge in [-0.25, -0.2) is 14.4 Å². The Kier molecular flexibility index (Phi) is 7.42. The maximum atomic E-state index is 11.9. The second-order valence-corrected chi connectivity index (χ2v) is 7.17. The summed E-state index contributed by atoms with van der Waals surface area (Å²) in [5.74, 6) is -0.956. The van der Waals surface area contributed by atoms with Gasteiger partial charge in [0, 0.05) is 12.5 Å². The van der Waals surface area contributed by atoms with Crippen LogP contribution in [0.25, 0.3) is 0 Å². The molecule has 2 aromatic rings. The number of benzene rings is 1. The second kappa shape index (κ2) is 10.4. The lowest BCUT2D eigenvalue weighted by atomic mass is 10.1. The molecule has 1 aliphatic heterocycles. The lowest BCUT2D eigenvalue weighted by Gasteiger charge is -2.14. The molecule has 3 rings (SSSR count). The molecule has 0 spiro atoms. The lowest BCUT2D eigenvalue weighted by molar-refractivity contribution is -0.139. The van der Waals surface area contributed by atoms with Gasteiger partial charge in [-0.3, -0.25) is 9.09 Å². The van der Waals surface area contributed by atoms with E-state index >= 15 is 0 Å². The molecule has 0 aliphatic carbocycles. The first kappa shape index (κ1) is 21.4. The van der Waals surface area contributed by atoms with Gasteiger partial charge in [-0.15, -0.1) is 0 Å². The van der Waals surface area contributed by atoms with Crippen LogP contribution in [-0.4, -0.2) is 32.9 Å². The molecule has 1 amide bonds. The van der Waals surface area contributed by atoms with E-state index in [0.29, 0.717) is 18.7 Å². The molecule has 9 nitrogen and oxygen atoms in total. The minimum atomic E-state index is -1.15. The van der Waals surface area contributed by atoms with E-state index in [1.54, 1.807) is 10.6 Å². The average molecular weight is 415 g/mol. The highest BCUT2D eigenvalue weighted by Crippen LogP contribution is 2.24. The molecule has 1 aromatic carbocycles. The van der Waals surface area contributed by atoms with Crippen LogP contribution < -0.4 is 11.1 Å². The van der Waals surface area contributed by atoms with Crippen molar-refractivity contribution >= 4 is 12.1 Å². The minimum Gasteiger partial charge on any atom is -0.480 e. The molecular weight excluding hydrogens is 390 g/mol. The second-order valence-electron chi connectivity index (χ2n) is 7.17. The predicted octanol–water partition coefficient (Wildman–Crippen LogP) is 2.82. The maximum absolute atomic E-state index is 11.9. The number of aromatic nitrogens is 2. The largest absolute Gasteiger partial charge is 0.480 e. The Balaban J connectivity index is 1.50. The predicted molar refractivity (Wildman–Crippen MR) is 107 cm³/mol. The number of fused-ring (bicyclic) bond motifs is 1. The van der Waals surface area contributed by atoms with Gasteiger partial charge < -0.3 is 15.2 Å². The van der Waals surface area contributed by atoms with Crippen molar-refractivity contribution in [1.82, 2.24) is 15.0 Å². The molecule has 0 saturated carbocycles. The van der Waals surface area contributed by atoms with Crippen molar-refractivity contribution in [3.8, 4) is 0 Å². The molecule has 0 saturated heterocycles. The summed E-state index contributed by atoms with van der Waals surface area (Å²) in [5, 5.41) is 15.6. The fourth-order valence-electron chi connectivity index (χ4n) is 3.44. The summed E-state index contributed by atoms with van der Waals surface area (Å²) in [5.41, 5.74) is 0.811. The molecular formula is C21H25N3O6. The van der Waals surface area contributed by atoms with Crippen molar-refractivity contribution in [1.29, 1.82) is 0 Å². The first-order valence-corrected chi connectivity index (χ1v) is 9.96. The Labute approximate surface area is 173 Å². The monoisotopic (exact) mass is 415 g/mol. The normalized spacial score (nSPS) is 17.1. The van der Waals surface area contributed by atoms with E-state index in [1.165, 1.54) is 0 Å². The third-order valence-electron chi connectivity index (χ3n) is 5.01. The van der Waals surface area contributed by atoms with Gasteiger partial charge >= 0.3 is 17.8 Å². The number of carboxylic acids is 1. The number of nitrogens with zero attached hydrogens (tertiary/aromatic N) is 2. The van der Waals surface area contributed by atoms with Crippen molar-refractivity contribution < 1.29 is 24.0 Å². The summed E-state index contributed by atoms with van der Waals surface area (Å²) >= 11 is 0. The third kappa shape index (κ3) is 5.82. The Morgan fingerprint density at radius 1 is 1.30 bits per heavy atom. The van der Waals surface area contributed by atoms with Crippen molar-refractivity contribution in [3.63, 3.8) is 0 Å². The number of hydrogen-bond acceptors (Lipinski definition) is 6. The molecule has 1 aromatic heterocycles. The van der Waals surface area contributed by atoms with E-state index in [9.17, 15) is 19.5 Å². The van der Waals surface area contributed by atoms with Crippen LogP contribution in [0.15, 0.2) is 51.8 Å². The Morgan fingerprint density at radius 2 is 2.10 bits per heavy atom. The van der Waals surface area contributed by atoms with Crippen molar-refractivity contribution in [2.24, 2.45) is 0 Å². The van der Waals surface area contributed by atoms with Crippen molar-refractivity contribution in [3.05, 3.63) is 64.4 Å². The quantitative estimate of drug-likeness (QED) is 0.635. The van der Waals surface area contributed by atoms with Crippen molar-refractivity contribution in [2.45, 2.75) is 57.2 Å². The van der Waals surface area contributed by atoms with E-state index in [2.05, 4.69) is 10.5 Å². The number of amides is 1. The number of carbonyl (C=O) groups is 2. The summed E-state index contributed by atoms with van der Waals surface area (Å²) in [4.78, 5) is 35.3. The van der Waals surface area contributed by atoms with E-state index in [4.69, 9.17) is 9.26 Å². The molecule has 2 atom stereocenters. The fraction of sp³-hybridized carbons (Fsp3) is 0.429. The summed E-state index contributed by atoms with van der Waals surface area (Å²) in [6, 6.07) is 7.96. The van der Waals surface area contributed by atoms with Gasteiger partial charge in [0.15, 0.2) is 5.82 Å². The van der Waals surface area contributed by atoms with Gasteiger partial charge in [0.2, 0.25) is 0 Å². The fourth-order valence-corrected chi connectivity index (χ4v) is 3.44. The zero-order chi connectivity index (χ0) is 21.3. The molecule has 30 heavy (non-hydrogen) atoms. The van der Waals surface area contributed by atoms with Crippen LogP contribution in [0, 0.1) is 0 Å². The van der Waals surface area contributed by atoms with E-state index in [-0.39, 0.29) is 19.1 Å². The van der Waals surface area contributed by atoms with Gasteiger partial charge in [-0.2, -0.15) is 0 Å². The van der Waals surface area contributed by atoms with E-state index < -0.39 is 23.9 Å². The first-order valence-electron chi connectivity index (χ1n) is 9.96. The smallest absolute Gasteiger partial charge is 0.441 e. The number of carboxylic acid groups (broad SMARTS) is 1. The average Bonchev–Trinajstić information content (AvgIpc) is 2.98. The molecule has 0 radical (unpaired) electrons. The van der Waals surface area contributed by atoms with Gasteiger partial charge in [0.05, 0.1) is 0 Å². The number of rotatable bonds is 8. The molecule has 1 aliphatic rings. The number of aliphatic carboxylic acids is 1. The molecule has 0 bridgehead atoms. The van der Waals surface area contributed by atoms with Crippen LogP contribution in [-0.2, 0) is 22.6 Å². The van der Waals surface area contributed by atoms with Gasteiger partial charge in [-0.1, -0.05) is 54.1 Å². The molecule has 2 heterocycles. The Morgan fingerprint density at radius 3 is 2.87 bits per heavy atom. The highest BCUT2D eigenvalue weighted by atomic mass is 16.5. The van der Waals surface area contributed by atoms with Crippen LogP contribution in [0.3, 0.4) is 0 Å². The number of aryl methyl sites for hydroxylation is 1. The SMILES string of the molecule is O=C(N[C@@H](C/C=C/C[C@H]1CCCCc2noc(=O)n21)C(=O)O)OCc1ccccc1. The third-order valence-corrected chi connectivity index (χ3v) is 5.01. The summed E-state index contributed by atoms with van der Waals surface area (Å²) in [6.45, 7) is 0.0619.